The zero-order valence-electron chi connectivity index (χ0n) is 13.1. The molecule has 0 saturated heterocycles. The van der Waals surface area contributed by atoms with Gasteiger partial charge in [0.1, 0.15) is 0 Å². The van der Waals surface area contributed by atoms with Crippen LogP contribution in [0.5, 0.6) is 0 Å². The van der Waals surface area contributed by atoms with E-state index in [2.05, 4.69) is 12.2 Å². The van der Waals surface area contributed by atoms with E-state index in [0.717, 1.165) is 12.0 Å². The van der Waals surface area contributed by atoms with Gasteiger partial charge in [0, 0.05) is 35.7 Å². The van der Waals surface area contributed by atoms with Crippen molar-refractivity contribution in [1.29, 1.82) is 0 Å². The molecule has 0 atom stereocenters. The van der Waals surface area contributed by atoms with Crippen LogP contribution in [0.3, 0.4) is 0 Å². The van der Waals surface area contributed by atoms with Crippen LogP contribution in [0.2, 0.25) is 0 Å². The van der Waals surface area contributed by atoms with Crippen molar-refractivity contribution in [1.82, 2.24) is 0 Å². The van der Waals surface area contributed by atoms with Crippen molar-refractivity contribution >= 4 is 17.2 Å². The summed E-state index contributed by atoms with van der Waals surface area (Å²) in [7, 11) is 0. The molecule has 0 aliphatic heterocycles. The molecule has 2 rings (SSSR count). The molecule has 0 aromatic heterocycles. The fraction of sp³-hybridized carbons (Fsp3) is 0.167. The van der Waals surface area contributed by atoms with Gasteiger partial charge in [-0.15, -0.1) is 0 Å². The lowest BCUT2D eigenvalue weighted by atomic mass is 10.1. The Morgan fingerprint density at radius 1 is 1.22 bits per heavy atom. The second-order valence-electron chi connectivity index (χ2n) is 5.15. The number of allylic oxidation sites excluding steroid dienone is 1. The Kier molecular flexibility index (Phi) is 5.25. The smallest absolute Gasteiger partial charge is 0.271 e. The molecule has 0 amide bonds. The molecular formula is C18H18N2O3. The van der Waals surface area contributed by atoms with Crippen molar-refractivity contribution < 1.29 is 9.72 Å². The Hall–Kier alpha value is -2.95. The first-order valence-corrected chi connectivity index (χ1v) is 7.32. The fourth-order valence-corrected chi connectivity index (χ4v) is 2.09. The molecule has 23 heavy (non-hydrogen) atoms. The van der Waals surface area contributed by atoms with Crippen LogP contribution in [-0.2, 0) is 6.42 Å². The first-order valence-electron chi connectivity index (χ1n) is 7.32. The van der Waals surface area contributed by atoms with E-state index in [1.54, 1.807) is 18.2 Å². The Bertz CT molecular complexity index is 749. The first kappa shape index (κ1) is 16.4. The van der Waals surface area contributed by atoms with E-state index in [4.69, 9.17) is 0 Å². The van der Waals surface area contributed by atoms with Crippen LogP contribution in [0, 0.1) is 17.0 Å². The van der Waals surface area contributed by atoms with Gasteiger partial charge in [0.25, 0.3) is 5.69 Å². The van der Waals surface area contributed by atoms with Gasteiger partial charge in [-0.2, -0.15) is 0 Å². The summed E-state index contributed by atoms with van der Waals surface area (Å²) < 4.78 is 0. The number of ketones is 1. The van der Waals surface area contributed by atoms with E-state index in [1.807, 2.05) is 19.1 Å². The highest BCUT2D eigenvalue weighted by atomic mass is 16.6. The van der Waals surface area contributed by atoms with Crippen LogP contribution >= 0.6 is 0 Å². The zero-order chi connectivity index (χ0) is 16.8. The number of nitrogens with zero attached hydrogens (tertiary/aromatic N) is 1. The molecule has 5 heteroatoms. The highest BCUT2D eigenvalue weighted by Gasteiger charge is 2.07. The Labute approximate surface area is 134 Å². The van der Waals surface area contributed by atoms with Gasteiger partial charge in [-0.25, -0.2) is 0 Å². The van der Waals surface area contributed by atoms with E-state index in [9.17, 15) is 14.9 Å². The zero-order valence-corrected chi connectivity index (χ0v) is 13.1. The molecule has 118 valence electrons. The van der Waals surface area contributed by atoms with E-state index >= 15 is 0 Å². The number of rotatable bonds is 6. The van der Waals surface area contributed by atoms with E-state index in [1.165, 1.54) is 30.0 Å². The number of aryl methyl sites for hydroxylation is 2. The topological polar surface area (TPSA) is 72.2 Å². The minimum Gasteiger partial charge on any atom is -0.361 e. The molecular weight excluding hydrogens is 292 g/mol. The number of anilines is 1. The lowest BCUT2D eigenvalue weighted by molar-refractivity contribution is -0.384. The number of carbonyl (C=O) groups excluding carboxylic acids is 1. The predicted molar refractivity (Wildman–Crippen MR) is 90.7 cm³/mol. The number of nitro benzene ring substituents is 1. The molecule has 1 N–H and O–H groups in total. The fourth-order valence-electron chi connectivity index (χ4n) is 2.09. The number of nitrogens with one attached hydrogen (secondary N) is 1. The predicted octanol–water partition coefficient (Wildman–Crippen LogP) is 4.27. The van der Waals surface area contributed by atoms with Crippen LogP contribution in [0.1, 0.15) is 28.4 Å². The van der Waals surface area contributed by atoms with Gasteiger partial charge in [0.2, 0.25) is 0 Å². The summed E-state index contributed by atoms with van der Waals surface area (Å²) >= 11 is 0. The van der Waals surface area contributed by atoms with Gasteiger partial charge in [0.05, 0.1) is 4.92 Å². The van der Waals surface area contributed by atoms with Crippen LogP contribution in [0.25, 0.3) is 0 Å². The molecule has 0 aliphatic rings. The average molecular weight is 310 g/mol. The standard InChI is InChI=1S/C18H18N2O3/c1-3-14-5-7-15(8-6-14)18(21)10-11-19-17-12-16(20(22)23)9-4-13(17)2/h4-12,19H,3H2,1-2H3. The highest BCUT2D eigenvalue weighted by Crippen LogP contribution is 2.21. The minimum absolute atomic E-state index is 0.00739. The summed E-state index contributed by atoms with van der Waals surface area (Å²) in [6.07, 6.45) is 3.85. The monoisotopic (exact) mass is 310 g/mol. The quantitative estimate of drug-likeness (QED) is 0.374. The molecule has 0 bridgehead atoms. The van der Waals surface area contributed by atoms with Crippen LogP contribution in [0.4, 0.5) is 11.4 Å². The van der Waals surface area contributed by atoms with Crippen molar-refractivity contribution in [3.63, 3.8) is 0 Å². The third kappa shape index (κ3) is 4.26. The van der Waals surface area contributed by atoms with Crippen LogP contribution in [-0.4, -0.2) is 10.7 Å². The third-order valence-corrected chi connectivity index (χ3v) is 3.55. The molecule has 0 heterocycles. The third-order valence-electron chi connectivity index (χ3n) is 3.55. The molecule has 2 aromatic rings. The normalized spacial score (nSPS) is 10.7. The van der Waals surface area contributed by atoms with E-state index in [-0.39, 0.29) is 11.5 Å². The lowest BCUT2D eigenvalue weighted by Crippen LogP contribution is -1.98. The summed E-state index contributed by atoms with van der Waals surface area (Å²) in [4.78, 5) is 22.4. The summed E-state index contributed by atoms with van der Waals surface area (Å²) in [6, 6.07) is 12.0. The molecule has 0 saturated carbocycles. The van der Waals surface area contributed by atoms with Crippen molar-refractivity contribution in [2.75, 3.05) is 5.32 Å². The number of hydrogen-bond acceptors (Lipinski definition) is 4. The minimum atomic E-state index is -0.450. The van der Waals surface area contributed by atoms with Gasteiger partial charge >= 0.3 is 0 Å². The first-order chi connectivity index (χ1) is 11.0. The van der Waals surface area contributed by atoms with E-state index in [0.29, 0.717) is 11.3 Å². The summed E-state index contributed by atoms with van der Waals surface area (Å²) in [6.45, 7) is 3.90. The summed E-state index contributed by atoms with van der Waals surface area (Å²) in [5.74, 6) is -0.122. The number of hydrogen-bond donors (Lipinski definition) is 1. The number of carbonyl (C=O) groups is 1. The SMILES string of the molecule is CCc1ccc(C(=O)C=CNc2cc([N+](=O)[O-])ccc2C)cc1. The average Bonchev–Trinajstić information content (AvgIpc) is 2.56. The molecule has 0 unspecified atom stereocenters. The van der Waals surface area contributed by atoms with Crippen molar-refractivity contribution in [2.24, 2.45) is 0 Å². The number of benzene rings is 2. The Balaban J connectivity index is 2.07. The molecule has 0 spiro atoms. The maximum absolute atomic E-state index is 12.1. The van der Waals surface area contributed by atoms with Crippen molar-refractivity contribution in [3.05, 3.63) is 81.5 Å². The molecule has 0 radical (unpaired) electrons. The number of non-ortho nitro benzene ring substituents is 1. The maximum atomic E-state index is 12.1. The molecule has 5 nitrogen and oxygen atoms in total. The van der Waals surface area contributed by atoms with Crippen LogP contribution < -0.4 is 5.32 Å². The second kappa shape index (κ2) is 7.35. The Morgan fingerprint density at radius 3 is 2.52 bits per heavy atom. The number of nitro groups is 1. The summed E-state index contributed by atoms with van der Waals surface area (Å²) in [5.41, 5.74) is 3.25. The molecule has 0 aliphatic carbocycles. The highest BCUT2D eigenvalue weighted by molar-refractivity contribution is 6.04. The van der Waals surface area contributed by atoms with Gasteiger partial charge in [-0.1, -0.05) is 37.3 Å². The van der Waals surface area contributed by atoms with Crippen LogP contribution in [0.15, 0.2) is 54.7 Å². The molecule has 2 aromatic carbocycles. The largest absolute Gasteiger partial charge is 0.361 e. The maximum Gasteiger partial charge on any atom is 0.271 e. The van der Waals surface area contributed by atoms with Gasteiger partial charge in [-0.3, -0.25) is 14.9 Å². The summed E-state index contributed by atoms with van der Waals surface area (Å²) in [5, 5.41) is 13.7. The van der Waals surface area contributed by atoms with Gasteiger partial charge < -0.3 is 5.32 Å². The van der Waals surface area contributed by atoms with Gasteiger partial charge in [-0.05, 0) is 24.5 Å². The molecule has 0 fully saturated rings. The van der Waals surface area contributed by atoms with E-state index < -0.39 is 4.92 Å². The Morgan fingerprint density at radius 2 is 1.91 bits per heavy atom. The van der Waals surface area contributed by atoms with Crippen molar-refractivity contribution in [2.45, 2.75) is 20.3 Å². The second-order valence-corrected chi connectivity index (χ2v) is 5.15. The van der Waals surface area contributed by atoms with Crippen molar-refractivity contribution in [3.8, 4) is 0 Å². The van der Waals surface area contributed by atoms with Gasteiger partial charge in [0.15, 0.2) is 5.78 Å². The lowest BCUT2D eigenvalue weighted by Gasteiger charge is -2.05.